The zero-order chi connectivity index (χ0) is 14.0. The summed E-state index contributed by atoms with van der Waals surface area (Å²) in [4.78, 5) is 0. The van der Waals surface area contributed by atoms with E-state index in [4.69, 9.17) is 23.2 Å². The molecule has 4 heteroatoms. The minimum absolute atomic E-state index is 0.471. The summed E-state index contributed by atoms with van der Waals surface area (Å²) in [6.07, 6.45) is -0.106. The van der Waals surface area contributed by atoms with Crippen LogP contribution in [0, 0.1) is 6.92 Å². The molecule has 0 fully saturated rings. The number of aliphatic hydroxyl groups excluding tert-OH is 1. The minimum Gasteiger partial charge on any atom is -0.388 e. The molecule has 1 nitrogen and oxygen atoms in total. The van der Waals surface area contributed by atoms with Gasteiger partial charge in [0.15, 0.2) is 0 Å². The van der Waals surface area contributed by atoms with Gasteiger partial charge in [-0.2, -0.15) is 0 Å². The van der Waals surface area contributed by atoms with E-state index in [1.807, 2.05) is 31.2 Å². The Morgan fingerprint density at radius 2 is 1.89 bits per heavy atom. The minimum atomic E-state index is -0.577. The van der Waals surface area contributed by atoms with Gasteiger partial charge < -0.3 is 5.11 Å². The molecule has 0 saturated heterocycles. The van der Waals surface area contributed by atoms with E-state index < -0.39 is 6.10 Å². The highest BCUT2D eigenvalue weighted by atomic mass is 79.9. The third-order valence-electron chi connectivity index (χ3n) is 3.02. The fourth-order valence-corrected chi connectivity index (χ4v) is 2.98. The first-order valence-electron chi connectivity index (χ1n) is 5.85. The highest BCUT2D eigenvalue weighted by molar-refractivity contribution is 9.10. The molecule has 0 radical (unpaired) electrons. The Hall–Kier alpha value is -0.540. The molecule has 0 aromatic heterocycles. The fraction of sp³-hybridized carbons (Fsp3) is 0.200. The molecular weight excluding hydrogens is 347 g/mol. The van der Waals surface area contributed by atoms with Crippen LogP contribution in [0.4, 0.5) is 0 Å². The first kappa shape index (κ1) is 14.9. The van der Waals surface area contributed by atoms with Gasteiger partial charge in [0.25, 0.3) is 0 Å². The maximum Gasteiger partial charge on any atom is 0.0833 e. The van der Waals surface area contributed by atoms with E-state index in [0.717, 1.165) is 21.2 Å². The molecule has 19 heavy (non-hydrogen) atoms. The maximum atomic E-state index is 10.3. The van der Waals surface area contributed by atoms with Crippen molar-refractivity contribution in [3.05, 3.63) is 67.6 Å². The van der Waals surface area contributed by atoms with Crippen molar-refractivity contribution in [1.29, 1.82) is 0 Å². The predicted octanol–water partition coefficient (Wildman–Crippen LogP) is 5.34. The highest BCUT2D eigenvalue weighted by Crippen LogP contribution is 2.28. The van der Waals surface area contributed by atoms with E-state index in [9.17, 15) is 5.11 Å². The van der Waals surface area contributed by atoms with Crippen molar-refractivity contribution in [2.75, 3.05) is 0 Å². The molecule has 2 rings (SSSR count). The van der Waals surface area contributed by atoms with Crippen molar-refractivity contribution in [3.8, 4) is 0 Å². The van der Waals surface area contributed by atoms with Crippen LogP contribution in [-0.2, 0) is 6.42 Å². The molecule has 0 aliphatic rings. The molecule has 0 saturated carbocycles. The molecule has 2 aromatic carbocycles. The van der Waals surface area contributed by atoms with Crippen molar-refractivity contribution < 1.29 is 5.11 Å². The summed E-state index contributed by atoms with van der Waals surface area (Å²) in [6, 6.07) is 11.2. The van der Waals surface area contributed by atoms with Gasteiger partial charge in [-0.1, -0.05) is 51.3 Å². The third kappa shape index (κ3) is 3.73. The van der Waals surface area contributed by atoms with Crippen molar-refractivity contribution in [3.63, 3.8) is 0 Å². The van der Waals surface area contributed by atoms with Crippen LogP contribution in [0.5, 0.6) is 0 Å². The van der Waals surface area contributed by atoms with Gasteiger partial charge in [-0.3, -0.25) is 0 Å². The summed E-state index contributed by atoms with van der Waals surface area (Å²) in [5, 5.41) is 11.5. The number of hydrogen-bond donors (Lipinski definition) is 1. The molecule has 0 aliphatic heterocycles. The Kier molecular flexibility index (Phi) is 4.91. The van der Waals surface area contributed by atoms with Gasteiger partial charge in [-0.25, -0.2) is 0 Å². The number of halogens is 3. The number of aliphatic hydroxyl groups is 1. The quantitative estimate of drug-likeness (QED) is 0.784. The van der Waals surface area contributed by atoms with E-state index in [1.165, 1.54) is 0 Å². The van der Waals surface area contributed by atoms with Crippen molar-refractivity contribution in [2.45, 2.75) is 19.4 Å². The zero-order valence-corrected chi connectivity index (χ0v) is 13.4. The molecule has 0 aliphatic carbocycles. The van der Waals surface area contributed by atoms with E-state index >= 15 is 0 Å². The second-order valence-corrected chi connectivity index (χ2v) is 6.22. The molecule has 0 bridgehead atoms. The molecule has 1 unspecified atom stereocenters. The Balaban J connectivity index is 2.23. The van der Waals surface area contributed by atoms with Gasteiger partial charge in [0, 0.05) is 20.9 Å². The number of hydrogen-bond acceptors (Lipinski definition) is 1. The Bertz CT molecular complexity index is 599. The smallest absolute Gasteiger partial charge is 0.0833 e. The average molecular weight is 360 g/mol. The monoisotopic (exact) mass is 358 g/mol. The molecule has 0 amide bonds. The molecule has 1 N–H and O–H groups in total. The summed E-state index contributed by atoms with van der Waals surface area (Å²) in [5.74, 6) is 0. The summed E-state index contributed by atoms with van der Waals surface area (Å²) in [7, 11) is 0. The lowest BCUT2D eigenvalue weighted by atomic mass is 9.98. The molecular formula is C15H13BrCl2O. The molecule has 0 spiro atoms. The second-order valence-electron chi connectivity index (χ2n) is 4.46. The molecule has 100 valence electrons. The van der Waals surface area contributed by atoms with Gasteiger partial charge in [-0.05, 0) is 47.9 Å². The van der Waals surface area contributed by atoms with Crippen LogP contribution in [0.2, 0.25) is 10.0 Å². The van der Waals surface area contributed by atoms with Crippen LogP contribution in [0.15, 0.2) is 40.9 Å². The van der Waals surface area contributed by atoms with E-state index in [-0.39, 0.29) is 0 Å². The Labute approximate surface area is 131 Å². The molecule has 0 heterocycles. The molecule has 2 aromatic rings. The van der Waals surface area contributed by atoms with Crippen molar-refractivity contribution in [2.24, 2.45) is 0 Å². The van der Waals surface area contributed by atoms with Crippen LogP contribution in [0.3, 0.4) is 0 Å². The van der Waals surface area contributed by atoms with Crippen LogP contribution >= 0.6 is 39.1 Å². The normalized spacial score (nSPS) is 12.5. The number of benzene rings is 2. The predicted molar refractivity (Wildman–Crippen MR) is 84.0 cm³/mol. The Morgan fingerprint density at radius 3 is 2.53 bits per heavy atom. The van der Waals surface area contributed by atoms with E-state index in [0.29, 0.717) is 16.5 Å². The zero-order valence-electron chi connectivity index (χ0n) is 10.3. The number of rotatable bonds is 3. The summed E-state index contributed by atoms with van der Waals surface area (Å²) in [6.45, 7) is 1.98. The standard InChI is InChI=1S/C15H13BrCl2O/c1-9-6-11(16)3-5-13(9)15(19)7-10-2-4-12(17)8-14(10)18/h2-6,8,15,19H,7H2,1H3. The van der Waals surface area contributed by atoms with Crippen LogP contribution in [0.25, 0.3) is 0 Å². The lowest BCUT2D eigenvalue weighted by molar-refractivity contribution is 0.177. The lowest BCUT2D eigenvalue weighted by Gasteiger charge is -2.15. The first-order chi connectivity index (χ1) is 8.97. The first-order valence-corrected chi connectivity index (χ1v) is 7.40. The number of aryl methyl sites for hydroxylation is 1. The van der Waals surface area contributed by atoms with Crippen LogP contribution in [0.1, 0.15) is 22.8 Å². The summed E-state index contributed by atoms with van der Waals surface area (Å²) < 4.78 is 1.01. The van der Waals surface area contributed by atoms with Crippen LogP contribution in [-0.4, -0.2) is 5.11 Å². The second kappa shape index (κ2) is 6.27. The van der Waals surface area contributed by atoms with Gasteiger partial charge in [0.1, 0.15) is 0 Å². The molecule has 1 atom stereocenters. The van der Waals surface area contributed by atoms with Gasteiger partial charge >= 0.3 is 0 Å². The van der Waals surface area contributed by atoms with Crippen molar-refractivity contribution >= 4 is 39.1 Å². The van der Waals surface area contributed by atoms with E-state index in [2.05, 4.69) is 15.9 Å². The third-order valence-corrected chi connectivity index (χ3v) is 4.10. The highest BCUT2D eigenvalue weighted by Gasteiger charge is 2.13. The van der Waals surface area contributed by atoms with E-state index in [1.54, 1.807) is 12.1 Å². The topological polar surface area (TPSA) is 20.2 Å². The van der Waals surface area contributed by atoms with Gasteiger partial charge in [0.05, 0.1) is 6.10 Å². The Morgan fingerprint density at radius 1 is 1.16 bits per heavy atom. The van der Waals surface area contributed by atoms with Crippen LogP contribution < -0.4 is 0 Å². The fourth-order valence-electron chi connectivity index (χ4n) is 2.02. The van der Waals surface area contributed by atoms with Gasteiger partial charge in [-0.15, -0.1) is 0 Å². The summed E-state index contributed by atoms with van der Waals surface area (Å²) in [5.41, 5.74) is 2.85. The van der Waals surface area contributed by atoms with Crippen molar-refractivity contribution in [1.82, 2.24) is 0 Å². The maximum absolute atomic E-state index is 10.3. The summed E-state index contributed by atoms with van der Waals surface area (Å²) >= 11 is 15.4. The average Bonchev–Trinajstić information content (AvgIpc) is 2.32. The SMILES string of the molecule is Cc1cc(Br)ccc1C(O)Cc1ccc(Cl)cc1Cl. The lowest BCUT2D eigenvalue weighted by Crippen LogP contribution is -2.04. The van der Waals surface area contributed by atoms with Gasteiger partial charge in [0.2, 0.25) is 0 Å². The largest absolute Gasteiger partial charge is 0.388 e.